The van der Waals surface area contributed by atoms with E-state index in [1.165, 1.54) is 0 Å². The monoisotopic (exact) mass is 326 g/mol. The highest BCUT2D eigenvalue weighted by atomic mass is 19.4. The van der Waals surface area contributed by atoms with Gasteiger partial charge in [0.15, 0.2) is 0 Å². The van der Waals surface area contributed by atoms with E-state index in [1.54, 1.807) is 34.6 Å². The van der Waals surface area contributed by atoms with Crippen molar-refractivity contribution in [2.75, 3.05) is 0 Å². The second-order valence-corrected chi connectivity index (χ2v) is 7.24. The van der Waals surface area contributed by atoms with Crippen LogP contribution in [0, 0.1) is 5.41 Å². The highest BCUT2D eigenvalue weighted by molar-refractivity contribution is 5.75. The minimum atomic E-state index is -4.55. The number of amides is 2. The highest BCUT2D eigenvalue weighted by Crippen LogP contribution is 2.30. The van der Waals surface area contributed by atoms with E-state index in [0.717, 1.165) is 0 Å². The van der Waals surface area contributed by atoms with E-state index in [9.17, 15) is 22.8 Å². The van der Waals surface area contributed by atoms with Gasteiger partial charge in [0.05, 0.1) is 0 Å². The quantitative estimate of drug-likeness (QED) is 0.701. The summed E-state index contributed by atoms with van der Waals surface area (Å²) in [5.41, 5.74) is -1.52. The Hall–Kier alpha value is -1.47. The van der Waals surface area contributed by atoms with E-state index in [1.807, 2.05) is 5.32 Å². The summed E-state index contributed by atoms with van der Waals surface area (Å²) in [6, 6.07) is -2.91. The Labute approximate surface area is 128 Å². The Morgan fingerprint density at radius 3 is 1.95 bits per heavy atom. The maximum absolute atomic E-state index is 13.0. The Morgan fingerprint density at radius 1 is 1.09 bits per heavy atom. The van der Waals surface area contributed by atoms with E-state index in [-0.39, 0.29) is 19.3 Å². The molecular weight excluding hydrogens is 301 g/mol. The molecular formula is C14H25F3N2O3. The van der Waals surface area contributed by atoms with Crippen molar-refractivity contribution in [3.05, 3.63) is 0 Å². The molecule has 0 aliphatic carbocycles. The summed E-state index contributed by atoms with van der Waals surface area (Å²) in [5.74, 6) is -1.03. The summed E-state index contributed by atoms with van der Waals surface area (Å²) in [6.45, 7) is 8.08. The van der Waals surface area contributed by atoms with Crippen LogP contribution in [0.25, 0.3) is 0 Å². The fourth-order valence-corrected chi connectivity index (χ4v) is 1.84. The number of hydrogen-bond acceptors (Lipinski definition) is 2. The predicted octanol–water partition coefficient (Wildman–Crippen LogP) is 3.30. The number of carboxylic acids is 1. The Morgan fingerprint density at radius 2 is 1.59 bits per heavy atom. The van der Waals surface area contributed by atoms with Crippen molar-refractivity contribution in [2.45, 2.75) is 71.6 Å². The maximum atomic E-state index is 13.0. The van der Waals surface area contributed by atoms with Crippen molar-refractivity contribution >= 4 is 12.0 Å². The summed E-state index contributed by atoms with van der Waals surface area (Å²) in [5, 5.41) is 12.9. The van der Waals surface area contributed by atoms with Crippen LogP contribution in [-0.4, -0.2) is 34.9 Å². The first-order valence-corrected chi connectivity index (χ1v) is 7.00. The van der Waals surface area contributed by atoms with Gasteiger partial charge in [-0.25, -0.2) is 4.79 Å². The third kappa shape index (κ3) is 9.46. The van der Waals surface area contributed by atoms with Gasteiger partial charge in [-0.15, -0.1) is 0 Å². The first-order valence-electron chi connectivity index (χ1n) is 7.00. The van der Waals surface area contributed by atoms with Crippen LogP contribution in [-0.2, 0) is 4.79 Å². The molecule has 0 aromatic carbocycles. The minimum Gasteiger partial charge on any atom is -0.481 e. The number of carboxylic acid groups (broad SMARTS) is 1. The normalized spacial score (nSPS) is 14.4. The molecule has 0 bridgehead atoms. The molecule has 5 nitrogen and oxygen atoms in total. The van der Waals surface area contributed by atoms with Crippen LogP contribution in [0.15, 0.2) is 0 Å². The van der Waals surface area contributed by atoms with Gasteiger partial charge in [0, 0.05) is 12.0 Å². The summed E-state index contributed by atoms with van der Waals surface area (Å²) in [4.78, 5) is 22.3. The third-order valence-corrected chi connectivity index (χ3v) is 2.93. The Bertz CT molecular complexity index is 401. The molecule has 0 radical (unpaired) electrons. The van der Waals surface area contributed by atoms with Gasteiger partial charge < -0.3 is 15.7 Å². The third-order valence-electron chi connectivity index (χ3n) is 2.93. The van der Waals surface area contributed by atoms with Gasteiger partial charge in [-0.2, -0.15) is 13.2 Å². The molecule has 0 heterocycles. The number of halogens is 3. The molecule has 0 fully saturated rings. The van der Waals surface area contributed by atoms with Crippen molar-refractivity contribution in [1.82, 2.24) is 10.6 Å². The number of alkyl halides is 3. The fourth-order valence-electron chi connectivity index (χ4n) is 1.84. The molecule has 130 valence electrons. The summed E-state index contributed by atoms with van der Waals surface area (Å²) in [7, 11) is 0. The molecule has 1 unspecified atom stereocenters. The average molecular weight is 326 g/mol. The van der Waals surface area contributed by atoms with E-state index >= 15 is 0 Å². The molecule has 22 heavy (non-hydrogen) atoms. The van der Waals surface area contributed by atoms with Gasteiger partial charge in [0.1, 0.15) is 6.04 Å². The molecule has 0 saturated heterocycles. The lowest BCUT2D eigenvalue weighted by Gasteiger charge is -2.31. The number of urea groups is 1. The zero-order valence-corrected chi connectivity index (χ0v) is 13.6. The topological polar surface area (TPSA) is 78.4 Å². The lowest BCUT2D eigenvalue weighted by atomic mass is 9.88. The summed E-state index contributed by atoms with van der Waals surface area (Å²) >= 11 is 0. The Balaban J connectivity index is 4.73. The zero-order valence-electron chi connectivity index (χ0n) is 13.6. The molecule has 0 saturated carbocycles. The van der Waals surface area contributed by atoms with Gasteiger partial charge in [0.25, 0.3) is 0 Å². The second-order valence-electron chi connectivity index (χ2n) is 7.24. The van der Waals surface area contributed by atoms with Gasteiger partial charge in [-0.1, -0.05) is 20.8 Å². The van der Waals surface area contributed by atoms with Crippen molar-refractivity contribution in [3.8, 4) is 0 Å². The number of nitrogens with one attached hydrogen (secondary N) is 2. The van der Waals surface area contributed by atoms with Crippen LogP contribution >= 0.6 is 0 Å². The Kier molecular flexibility index (Phi) is 6.71. The smallest absolute Gasteiger partial charge is 0.408 e. The van der Waals surface area contributed by atoms with Gasteiger partial charge >= 0.3 is 18.2 Å². The fraction of sp³-hybridized carbons (Fsp3) is 0.857. The van der Waals surface area contributed by atoms with E-state index in [2.05, 4.69) is 5.32 Å². The molecule has 0 rings (SSSR count). The number of aliphatic carboxylic acids is 1. The molecule has 0 aliphatic heterocycles. The van der Waals surface area contributed by atoms with E-state index in [0.29, 0.717) is 0 Å². The van der Waals surface area contributed by atoms with Crippen LogP contribution in [0.5, 0.6) is 0 Å². The first kappa shape index (κ1) is 20.5. The molecule has 2 amide bonds. The maximum Gasteiger partial charge on any atom is 0.408 e. The lowest BCUT2D eigenvalue weighted by Crippen LogP contribution is -2.55. The second kappa shape index (κ2) is 7.19. The SMILES string of the molecule is CC(C)(C)CC(NC(=O)NC(C)(C)CCC(=O)O)C(F)(F)F. The molecule has 8 heteroatoms. The van der Waals surface area contributed by atoms with Gasteiger partial charge in [0.2, 0.25) is 0 Å². The van der Waals surface area contributed by atoms with E-state index < -0.39 is 35.2 Å². The van der Waals surface area contributed by atoms with Crippen molar-refractivity contribution in [3.63, 3.8) is 0 Å². The highest BCUT2D eigenvalue weighted by Gasteiger charge is 2.43. The summed E-state index contributed by atoms with van der Waals surface area (Å²) in [6.07, 6.45) is -4.86. The van der Waals surface area contributed by atoms with Gasteiger partial charge in [-0.3, -0.25) is 4.79 Å². The molecule has 0 spiro atoms. The van der Waals surface area contributed by atoms with Crippen LogP contribution in [0.4, 0.5) is 18.0 Å². The van der Waals surface area contributed by atoms with Crippen LogP contribution in [0.3, 0.4) is 0 Å². The number of rotatable bonds is 6. The summed E-state index contributed by atoms with van der Waals surface area (Å²) < 4.78 is 38.9. The number of carbonyl (C=O) groups excluding carboxylic acids is 1. The van der Waals surface area contributed by atoms with Gasteiger partial charge in [-0.05, 0) is 32.1 Å². The largest absolute Gasteiger partial charge is 0.481 e. The standard InChI is InChI=1S/C14H25F3N2O3/c1-12(2,3)8-9(14(15,16)17)18-11(22)19-13(4,5)7-6-10(20)21/h9H,6-8H2,1-5H3,(H,20,21)(H2,18,19,22). The van der Waals surface area contributed by atoms with Crippen molar-refractivity contribution in [2.24, 2.45) is 5.41 Å². The molecule has 0 aromatic heterocycles. The van der Waals surface area contributed by atoms with Crippen LogP contribution < -0.4 is 10.6 Å². The van der Waals surface area contributed by atoms with Crippen molar-refractivity contribution in [1.29, 1.82) is 0 Å². The number of carbonyl (C=O) groups is 2. The van der Waals surface area contributed by atoms with Crippen LogP contribution in [0.2, 0.25) is 0 Å². The first-order chi connectivity index (χ1) is 9.62. The average Bonchev–Trinajstić information content (AvgIpc) is 2.21. The molecule has 0 aliphatic rings. The lowest BCUT2D eigenvalue weighted by molar-refractivity contribution is -0.159. The van der Waals surface area contributed by atoms with Crippen LogP contribution in [0.1, 0.15) is 53.9 Å². The molecule has 3 N–H and O–H groups in total. The van der Waals surface area contributed by atoms with E-state index in [4.69, 9.17) is 5.11 Å². The zero-order chi connectivity index (χ0) is 17.8. The molecule has 0 aromatic rings. The number of hydrogen-bond donors (Lipinski definition) is 3. The predicted molar refractivity (Wildman–Crippen MR) is 76.5 cm³/mol. The molecule has 1 atom stereocenters. The van der Waals surface area contributed by atoms with Crippen molar-refractivity contribution < 1.29 is 27.9 Å². The minimum absolute atomic E-state index is 0.117.